The van der Waals surface area contributed by atoms with Crippen LogP contribution in [0.5, 0.6) is 0 Å². The molecule has 2 saturated carbocycles. The first-order valence-corrected chi connectivity index (χ1v) is 18.2. The molecule has 2 heterocycles. The standard InChI is InChI=1S/C38H51N5O5/c39-35(45)34(44)31(20-26-12-9-13-26)40-37(47)33-23-30(42-18-7-2-8-19-42)24-43(33)38(48)32(21-25-10-3-1-4-11-25)41-36(46)29-17-16-27-14-5-6-15-28(27)22-29/h5-6,14-17,22,25-26,30-33H,1-4,7-13,18-21,23-24H2,(H2,39,45)(H,40,47)(H,41,46)/t30-,31?,32-,33+/m1/s1. The van der Waals surface area contributed by atoms with Crippen molar-refractivity contribution in [2.75, 3.05) is 19.6 Å². The lowest BCUT2D eigenvalue weighted by Crippen LogP contribution is -2.56. The van der Waals surface area contributed by atoms with Gasteiger partial charge in [0, 0.05) is 18.2 Å². The molecule has 4 aliphatic rings. The second-order valence-electron chi connectivity index (χ2n) is 14.6. The number of rotatable bonds is 12. The van der Waals surface area contributed by atoms with Crippen molar-refractivity contribution in [1.82, 2.24) is 20.4 Å². The molecule has 2 saturated heterocycles. The van der Waals surface area contributed by atoms with Gasteiger partial charge in [0.15, 0.2) is 0 Å². The number of hydrogen-bond donors (Lipinski definition) is 3. The molecule has 258 valence electrons. The third-order valence-corrected chi connectivity index (χ3v) is 11.4. The van der Waals surface area contributed by atoms with Gasteiger partial charge in [0.25, 0.3) is 11.8 Å². The van der Waals surface area contributed by atoms with Crippen LogP contribution in [0.2, 0.25) is 0 Å². The zero-order chi connectivity index (χ0) is 33.6. The number of primary amides is 1. The van der Waals surface area contributed by atoms with Crippen molar-refractivity contribution in [2.45, 2.75) is 114 Å². The van der Waals surface area contributed by atoms with Crippen molar-refractivity contribution in [3.63, 3.8) is 0 Å². The number of nitrogens with one attached hydrogen (secondary N) is 2. The van der Waals surface area contributed by atoms with E-state index in [0.717, 1.165) is 88.1 Å². The molecule has 4 atom stereocenters. The van der Waals surface area contributed by atoms with Crippen LogP contribution in [-0.2, 0) is 19.2 Å². The van der Waals surface area contributed by atoms with Crippen molar-refractivity contribution in [1.29, 1.82) is 0 Å². The van der Waals surface area contributed by atoms with E-state index in [9.17, 15) is 24.0 Å². The van der Waals surface area contributed by atoms with Gasteiger partial charge in [-0.1, -0.05) is 88.1 Å². The van der Waals surface area contributed by atoms with E-state index in [1.165, 1.54) is 6.42 Å². The number of benzene rings is 2. The molecular formula is C38H51N5O5. The molecule has 4 N–H and O–H groups in total. The lowest BCUT2D eigenvalue weighted by Gasteiger charge is -2.33. The van der Waals surface area contributed by atoms with Gasteiger partial charge < -0.3 is 21.3 Å². The maximum atomic E-state index is 14.7. The molecule has 4 fully saturated rings. The van der Waals surface area contributed by atoms with Gasteiger partial charge in [0.1, 0.15) is 12.1 Å². The van der Waals surface area contributed by atoms with Crippen molar-refractivity contribution < 1.29 is 24.0 Å². The van der Waals surface area contributed by atoms with Gasteiger partial charge in [-0.05, 0) is 79.9 Å². The third-order valence-electron chi connectivity index (χ3n) is 11.4. The minimum atomic E-state index is -1.06. The maximum Gasteiger partial charge on any atom is 0.287 e. The normalized spacial score (nSPS) is 23.6. The molecule has 0 aromatic heterocycles. The van der Waals surface area contributed by atoms with Crippen LogP contribution in [0, 0.1) is 11.8 Å². The highest BCUT2D eigenvalue weighted by Gasteiger charge is 2.45. The lowest BCUT2D eigenvalue weighted by molar-refractivity contribution is -0.142. The number of carbonyl (C=O) groups excluding carboxylic acids is 5. The van der Waals surface area contributed by atoms with Crippen LogP contribution in [0.1, 0.15) is 100 Å². The van der Waals surface area contributed by atoms with Crippen LogP contribution in [-0.4, -0.2) is 83.0 Å². The van der Waals surface area contributed by atoms with Gasteiger partial charge in [-0.2, -0.15) is 0 Å². The lowest BCUT2D eigenvalue weighted by atomic mass is 9.80. The van der Waals surface area contributed by atoms with E-state index in [-0.39, 0.29) is 23.8 Å². The predicted octanol–water partition coefficient (Wildman–Crippen LogP) is 4.09. The van der Waals surface area contributed by atoms with E-state index in [1.807, 2.05) is 36.4 Å². The summed E-state index contributed by atoms with van der Waals surface area (Å²) in [5.74, 6) is -2.30. The number of ketones is 1. The second-order valence-corrected chi connectivity index (χ2v) is 14.6. The van der Waals surface area contributed by atoms with Crippen LogP contribution < -0.4 is 16.4 Å². The predicted molar refractivity (Wildman–Crippen MR) is 184 cm³/mol. The van der Waals surface area contributed by atoms with E-state index in [1.54, 1.807) is 11.0 Å². The minimum absolute atomic E-state index is 0.00607. The van der Waals surface area contributed by atoms with Crippen LogP contribution in [0.4, 0.5) is 0 Å². The van der Waals surface area contributed by atoms with Crippen LogP contribution in [0.25, 0.3) is 10.8 Å². The molecule has 0 bridgehead atoms. The summed E-state index contributed by atoms with van der Waals surface area (Å²) in [7, 11) is 0. The Morgan fingerprint density at radius 3 is 2.06 bits per heavy atom. The van der Waals surface area contributed by atoms with Crippen molar-refractivity contribution in [3.05, 3.63) is 48.0 Å². The minimum Gasteiger partial charge on any atom is -0.363 e. The van der Waals surface area contributed by atoms with E-state index < -0.39 is 35.7 Å². The molecular weight excluding hydrogens is 606 g/mol. The van der Waals surface area contributed by atoms with Gasteiger partial charge in [0.2, 0.25) is 17.6 Å². The smallest absolute Gasteiger partial charge is 0.287 e. The van der Waals surface area contributed by atoms with Gasteiger partial charge in [-0.25, -0.2) is 0 Å². The third kappa shape index (κ3) is 8.08. The Morgan fingerprint density at radius 2 is 1.40 bits per heavy atom. The molecule has 2 aliphatic carbocycles. The topological polar surface area (TPSA) is 142 Å². The molecule has 4 amide bonds. The fourth-order valence-electron chi connectivity index (χ4n) is 8.34. The number of nitrogens with zero attached hydrogens (tertiary/aromatic N) is 2. The molecule has 2 aliphatic heterocycles. The molecule has 48 heavy (non-hydrogen) atoms. The van der Waals surface area contributed by atoms with E-state index in [2.05, 4.69) is 15.5 Å². The van der Waals surface area contributed by atoms with E-state index in [0.29, 0.717) is 37.3 Å². The first-order chi connectivity index (χ1) is 23.3. The highest BCUT2D eigenvalue weighted by molar-refractivity contribution is 6.37. The number of fused-ring (bicyclic) bond motifs is 1. The Kier molecular flexibility index (Phi) is 11.1. The summed E-state index contributed by atoms with van der Waals surface area (Å²) in [5.41, 5.74) is 5.89. The van der Waals surface area contributed by atoms with Crippen LogP contribution in [0.3, 0.4) is 0 Å². The monoisotopic (exact) mass is 657 g/mol. The zero-order valence-corrected chi connectivity index (χ0v) is 28.0. The molecule has 1 unspecified atom stereocenters. The Bertz CT molecular complexity index is 1500. The molecule has 10 nitrogen and oxygen atoms in total. The van der Waals surface area contributed by atoms with Gasteiger partial charge >= 0.3 is 0 Å². The van der Waals surface area contributed by atoms with Crippen molar-refractivity contribution in [2.24, 2.45) is 17.6 Å². The highest BCUT2D eigenvalue weighted by Crippen LogP contribution is 2.33. The first kappa shape index (κ1) is 34.1. The van der Waals surface area contributed by atoms with Crippen LogP contribution >= 0.6 is 0 Å². The summed E-state index contributed by atoms with van der Waals surface area (Å²) >= 11 is 0. The molecule has 6 rings (SSSR count). The number of likely N-dealkylation sites (tertiary alicyclic amines) is 2. The number of hydrogen-bond acceptors (Lipinski definition) is 6. The molecule has 2 aromatic carbocycles. The average molecular weight is 658 g/mol. The fraction of sp³-hybridized carbons (Fsp3) is 0.605. The van der Waals surface area contributed by atoms with E-state index >= 15 is 0 Å². The summed E-state index contributed by atoms with van der Waals surface area (Å²) in [4.78, 5) is 71.3. The SMILES string of the molecule is NC(=O)C(=O)C(CC1CCC1)NC(=O)[C@@H]1C[C@@H](N2CCCCC2)CN1C(=O)[C@@H](CC1CCCCC1)NC(=O)c1ccc2ccccc2c1. The molecule has 0 spiro atoms. The van der Waals surface area contributed by atoms with Crippen molar-refractivity contribution >= 4 is 40.2 Å². The number of Topliss-reactive ketones (excluding diaryl/α,β-unsaturated/α-hetero) is 1. The Balaban J connectivity index is 1.25. The molecule has 10 heteroatoms. The summed E-state index contributed by atoms with van der Waals surface area (Å²) < 4.78 is 0. The van der Waals surface area contributed by atoms with Crippen molar-refractivity contribution in [3.8, 4) is 0 Å². The first-order valence-electron chi connectivity index (χ1n) is 18.2. The summed E-state index contributed by atoms with van der Waals surface area (Å²) in [5, 5.41) is 7.94. The van der Waals surface area contributed by atoms with Gasteiger partial charge in [-0.15, -0.1) is 0 Å². The molecule has 2 aromatic rings. The van der Waals surface area contributed by atoms with Crippen LogP contribution in [0.15, 0.2) is 42.5 Å². The number of piperidine rings is 1. The van der Waals surface area contributed by atoms with Gasteiger partial charge in [-0.3, -0.25) is 28.9 Å². The highest BCUT2D eigenvalue weighted by atomic mass is 16.2. The number of nitrogens with two attached hydrogens (primary N) is 1. The number of carbonyl (C=O) groups is 5. The maximum absolute atomic E-state index is 14.7. The Labute approximate surface area is 283 Å². The summed E-state index contributed by atoms with van der Waals surface area (Å²) in [6.07, 6.45) is 13.0. The summed E-state index contributed by atoms with van der Waals surface area (Å²) in [6, 6.07) is 10.8. The van der Waals surface area contributed by atoms with E-state index in [4.69, 9.17) is 5.73 Å². The zero-order valence-electron chi connectivity index (χ0n) is 28.0. The quantitative estimate of drug-likeness (QED) is 0.294. The second kappa shape index (κ2) is 15.6. The Morgan fingerprint density at radius 1 is 0.750 bits per heavy atom. The fourth-order valence-corrected chi connectivity index (χ4v) is 8.34. The van der Waals surface area contributed by atoms with Gasteiger partial charge in [0.05, 0.1) is 6.04 Å². The summed E-state index contributed by atoms with van der Waals surface area (Å²) in [6.45, 7) is 2.20. The molecule has 0 radical (unpaired) electrons. The largest absolute Gasteiger partial charge is 0.363 e. The number of amides is 4. The average Bonchev–Trinajstić information content (AvgIpc) is 3.54. The Hall–Kier alpha value is -3.79.